The molecule has 50 heavy (non-hydrogen) atoms. The van der Waals surface area contributed by atoms with Crippen LogP contribution in [0.15, 0.2) is 60.4 Å². The SMILES string of the molecule is CC(C)C(=O)/C=C(\O)C(C)C.Cc1cc(C)c2c(C3CCC(C4CCCCC4)CC3)cc(-c3[c-]c4ccccc4c(C(C)(C)C)c3)nc2c1.[Ir]. The van der Waals surface area contributed by atoms with Gasteiger partial charge >= 0.3 is 0 Å². The second-order valence-electron chi connectivity index (χ2n) is 16.8. The van der Waals surface area contributed by atoms with Gasteiger partial charge in [0.15, 0.2) is 5.78 Å². The number of ketones is 1. The van der Waals surface area contributed by atoms with Gasteiger partial charge in [-0.15, -0.1) is 29.1 Å². The van der Waals surface area contributed by atoms with Crippen LogP contribution in [0, 0.1) is 43.6 Å². The molecule has 2 aliphatic carbocycles. The van der Waals surface area contributed by atoms with Crippen LogP contribution in [0.4, 0.5) is 0 Å². The van der Waals surface area contributed by atoms with Gasteiger partial charge in [-0.1, -0.05) is 122 Å². The number of hydrogen-bond acceptors (Lipinski definition) is 3. The van der Waals surface area contributed by atoms with Crippen LogP contribution in [0.5, 0.6) is 0 Å². The van der Waals surface area contributed by atoms with E-state index >= 15 is 0 Å². The number of aromatic nitrogens is 1. The zero-order valence-corrected chi connectivity index (χ0v) is 34.5. The van der Waals surface area contributed by atoms with E-state index in [0.717, 1.165) is 28.6 Å². The Bertz CT molecular complexity index is 1800. The maximum absolute atomic E-state index is 11.0. The molecule has 0 unspecified atom stereocenters. The molecule has 0 amide bonds. The minimum Gasteiger partial charge on any atom is -0.512 e. The van der Waals surface area contributed by atoms with E-state index in [1.807, 2.05) is 27.7 Å². The average molecular weight is 851 g/mol. The van der Waals surface area contributed by atoms with Crippen molar-refractivity contribution in [3.63, 3.8) is 0 Å². The molecule has 1 heterocycles. The molecule has 0 aliphatic heterocycles. The molecule has 6 rings (SSSR count). The molecule has 1 aromatic heterocycles. The van der Waals surface area contributed by atoms with E-state index in [4.69, 9.17) is 4.98 Å². The van der Waals surface area contributed by atoms with Gasteiger partial charge < -0.3 is 5.11 Å². The number of aryl methyl sites for hydroxylation is 2. The summed E-state index contributed by atoms with van der Waals surface area (Å²) in [6, 6.07) is 22.0. The predicted octanol–water partition coefficient (Wildman–Crippen LogP) is 12.9. The average Bonchev–Trinajstić information content (AvgIpc) is 3.07. The van der Waals surface area contributed by atoms with Gasteiger partial charge in [-0.3, -0.25) is 9.78 Å². The van der Waals surface area contributed by atoms with Crippen molar-refractivity contribution in [3.8, 4) is 11.3 Å². The quantitative estimate of drug-likeness (QED) is 0.119. The molecular formula is C46H60IrNO2-. The Hall–Kier alpha value is -2.81. The van der Waals surface area contributed by atoms with E-state index in [1.165, 1.54) is 102 Å². The van der Waals surface area contributed by atoms with Gasteiger partial charge in [0, 0.05) is 49.1 Å². The van der Waals surface area contributed by atoms with Gasteiger partial charge in [-0.05, 0) is 85.5 Å². The third-order valence-electron chi connectivity index (χ3n) is 11.1. The smallest absolute Gasteiger partial charge is 0.161 e. The molecule has 1 N–H and O–H groups in total. The number of benzene rings is 3. The number of allylic oxidation sites excluding steroid dienone is 2. The first kappa shape index (κ1) is 40.0. The Balaban J connectivity index is 0.000000407. The van der Waals surface area contributed by atoms with Crippen molar-refractivity contribution in [2.24, 2.45) is 23.7 Å². The van der Waals surface area contributed by atoms with Crippen molar-refractivity contribution >= 4 is 27.5 Å². The molecule has 0 atom stereocenters. The van der Waals surface area contributed by atoms with Crippen LogP contribution >= 0.6 is 0 Å². The summed E-state index contributed by atoms with van der Waals surface area (Å²) in [7, 11) is 0. The Labute approximate surface area is 316 Å². The summed E-state index contributed by atoms with van der Waals surface area (Å²) in [5, 5.41) is 13.1. The van der Waals surface area contributed by atoms with Crippen molar-refractivity contribution in [1.82, 2.24) is 4.98 Å². The van der Waals surface area contributed by atoms with Crippen molar-refractivity contribution in [2.45, 2.75) is 131 Å². The van der Waals surface area contributed by atoms with E-state index in [2.05, 4.69) is 89.2 Å². The normalized spacial score (nSPS) is 19.0. The molecular weight excluding hydrogens is 791 g/mol. The van der Waals surface area contributed by atoms with Crippen LogP contribution in [0.1, 0.15) is 134 Å². The van der Waals surface area contributed by atoms with Crippen LogP contribution in [-0.4, -0.2) is 15.9 Å². The first-order chi connectivity index (χ1) is 23.2. The number of aliphatic hydroxyl groups excluding tert-OH is 1. The van der Waals surface area contributed by atoms with Gasteiger partial charge in [0.05, 0.1) is 11.3 Å². The molecule has 0 bridgehead atoms. The fourth-order valence-corrected chi connectivity index (χ4v) is 8.23. The standard InChI is InChI=1S/C37H44N.C9H16O2.Ir/c1-24-19-25(2)36-32(28-17-15-27(16-18-28)26-11-7-6-8-12-26)23-34(38-35(36)20-24)30-21-29-13-9-10-14-31(29)33(22-30)37(3,4)5;1-6(2)8(10)5-9(11)7(3)4;/h9-10,13-14,19-20,22-23,26-28H,6-8,11-12,15-18H2,1-5H3;5-7,10H,1-4H3;/q-1;;/b;8-5-;. The monoisotopic (exact) mass is 851 g/mol. The van der Waals surface area contributed by atoms with E-state index in [1.54, 1.807) is 0 Å². The fourth-order valence-electron chi connectivity index (χ4n) is 8.23. The molecule has 2 aliphatic rings. The minimum absolute atomic E-state index is 0. The van der Waals surface area contributed by atoms with Gasteiger partial charge in [0.25, 0.3) is 0 Å². The van der Waals surface area contributed by atoms with E-state index in [0.29, 0.717) is 5.92 Å². The van der Waals surface area contributed by atoms with Gasteiger partial charge in [0.1, 0.15) is 0 Å². The summed E-state index contributed by atoms with van der Waals surface area (Å²) < 4.78 is 0. The first-order valence-corrected chi connectivity index (χ1v) is 19.0. The number of nitrogens with zero attached hydrogens (tertiary/aromatic N) is 1. The molecule has 1 radical (unpaired) electrons. The van der Waals surface area contributed by atoms with E-state index in [-0.39, 0.29) is 48.9 Å². The zero-order chi connectivity index (χ0) is 35.5. The minimum atomic E-state index is -0.0316. The third kappa shape index (κ3) is 9.54. The van der Waals surface area contributed by atoms with E-state index in [9.17, 15) is 9.90 Å². The predicted molar refractivity (Wildman–Crippen MR) is 208 cm³/mol. The Kier molecular flexibility index (Phi) is 13.7. The molecule has 271 valence electrons. The van der Waals surface area contributed by atoms with Crippen LogP contribution in [-0.2, 0) is 30.3 Å². The number of carbonyl (C=O) groups excluding carboxylic acids is 1. The maximum Gasteiger partial charge on any atom is 0.161 e. The summed E-state index contributed by atoms with van der Waals surface area (Å²) in [6.45, 7) is 18.8. The number of pyridine rings is 1. The topological polar surface area (TPSA) is 50.2 Å². The summed E-state index contributed by atoms with van der Waals surface area (Å²) in [5.41, 5.74) is 9.00. The number of fused-ring (bicyclic) bond motifs is 2. The van der Waals surface area contributed by atoms with Crippen LogP contribution in [0.3, 0.4) is 0 Å². The summed E-state index contributed by atoms with van der Waals surface area (Å²) in [4.78, 5) is 16.3. The number of carbonyl (C=O) groups is 1. The summed E-state index contributed by atoms with van der Waals surface area (Å²) >= 11 is 0. The molecule has 3 nitrogen and oxygen atoms in total. The third-order valence-corrected chi connectivity index (χ3v) is 11.1. The van der Waals surface area contributed by atoms with Gasteiger partial charge in [-0.25, -0.2) is 0 Å². The van der Waals surface area contributed by atoms with Crippen molar-refractivity contribution in [2.75, 3.05) is 0 Å². The molecule has 4 heteroatoms. The molecule has 2 fully saturated rings. The maximum atomic E-state index is 11.0. The second kappa shape index (κ2) is 17.1. The Morgan fingerprint density at radius 2 is 1.50 bits per heavy atom. The molecule has 4 aromatic rings. The molecule has 2 saturated carbocycles. The first-order valence-electron chi connectivity index (χ1n) is 19.0. The van der Waals surface area contributed by atoms with Crippen molar-refractivity contribution in [1.29, 1.82) is 0 Å². The Morgan fingerprint density at radius 3 is 2.12 bits per heavy atom. The number of rotatable bonds is 6. The zero-order valence-electron chi connectivity index (χ0n) is 32.1. The number of aliphatic hydroxyl groups is 1. The molecule has 0 saturated heterocycles. The summed E-state index contributed by atoms with van der Waals surface area (Å²) in [5.74, 6) is 2.73. The fraction of sp³-hybridized carbons (Fsp3) is 0.522. The van der Waals surface area contributed by atoms with Crippen LogP contribution < -0.4 is 0 Å². The number of hydrogen-bond donors (Lipinski definition) is 1. The van der Waals surface area contributed by atoms with Crippen LogP contribution in [0.2, 0.25) is 0 Å². The van der Waals surface area contributed by atoms with Crippen molar-refractivity contribution < 1.29 is 30.0 Å². The van der Waals surface area contributed by atoms with Gasteiger partial charge in [0.2, 0.25) is 0 Å². The molecule has 3 aromatic carbocycles. The summed E-state index contributed by atoms with van der Waals surface area (Å²) in [6.07, 6.45) is 14.1. The Morgan fingerprint density at radius 1 is 0.860 bits per heavy atom. The largest absolute Gasteiger partial charge is 0.512 e. The van der Waals surface area contributed by atoms with Crippen molar-refractivity contribution in [3.05, 3.63) is 88.7 Å². The molecule has 0 spiro atoms. The van der Waals surface area contributed by atoms with E-state index < -0.39 is 0 Å². The second-order valence-corrected chi connectivity index (χ2v) is 16.8. The van der Waals surface area contributed by atoms with Crippen LogP contribution in [0.25, 0.3) is 32.9 Å². The van der Waals surface area contributed by atoms with Gasteiger partial charge in [-0.2, -0.15) is 0 Å².